The summed E-state index contributed by atoms with van der Waals surface area (Å²) in [4.78, 5) is 11.6. The van der Waals surface area contributed by atoms with Gasteiger partial charge in [-0.05, 0) is 40.7 Å². The standard InChI is InChI=1S/C14H26N4O2/c1-13(2,3)20-12(19)15-10-14(4,5)16-9-11-7-8-17-18(11)6/h7-8,16H,9-10H2,1-6H3,(H,15,19). The van der Waals surface area contributed by atoms with Crippen molar-refractivity contribution in [2.75, 3.05) is 6.54 Å². The summed E-state index contributed by atoms with van der Waals surface area (Å²) in [6.07, 6.45) is 1.37. The van der Waals surface area contributed by atoms with Gasteiger partial charge in [0.2, 0.25) is 0 Å². The first kappa shape index (κ1) is 16.5. The molecule has 0 aliphatic carbocycles. The van der Waals surface area contributed by atoms with E-state index in [-0.39, 0.29) is 5.54 Å². The molecule has 0 bridgehead atoms. The molecule has 2 N–H and O–H groups in total. The molecule has 6 nitrogen and oxygen atoms in total. The zero-order chi connectivity index (χ0) is 15.4. The molecule has 0 spiro atoms. The molecule has 0 fully saturated rings. The summed E-state index contributed by atoms with van der Waals surface area (Å²) in [5.74, 6) is 0. The Morgan fingerprint density at radius 3 is 2.50 bits per heavy atom. The van der Waals surface area contributed by atoms with Gasteiger partial charge in [-0.2, -0.15) is 5.10 Å². The zero-order valence-electron chi connectivity index (χ0n) is 13.3. The van der Waals surface area contributed by atoms with E-state index in [4.69, 9.17) is 4.74 Å². The molecule has 0 saturated carbocycles. The fourth-order valence-electron chi connectivity index (χ4n) is 1.57. The molecule has 0 atom stereocenters. The number of aryl methyl sites for hydroxylation is 1. The number of alkyl carbamates (subject to hydrolysis) is 1. The number of hydrogen-bond donors (Lipinski definition) is 2. The fourth-order valence-corrected chi connectivity index (χ4v) is 1.57. The van der Waals surface area contributed by atoms with Crippen LogP contribution in [0.15, 0.2) is 12.3 Å². The van der Waals surface area contributed by atoms with Crippen molar-refractivity contribution in [2.45, 2.75) is 52.3 Å². The van der Waals surface area contributed by atoms with E-state index < -0.39 is 11.7 Å². The highest BCUT2D eigenvalue weighted by atomic mass is 16.6. The molecule has 1 aromatic heterocycles. The highest BCUT2D eigenvalue weighted by molar-refractivity contribution is 5.67. The minimum atomic E-state index is -0.476. The van der Waals surface area contributed by atoms with Crippen LogP contribution in [0, 0.1) is 0 Å². The van der Waals surface area contributed by atoms with E-state index >= 15 is 0 Å². The summed E-state index contributed by atoms with van der Waals surface area (Å²) in [6, 6.07) is 1.96. The first-order valence-corrected chi connectivity index (χ1v) is 6.78. The Morgan fingerprint density at radius 2 is 2.00 bits per heavy atom. The number of ether oxygens (including phenoxy) is 1. The van der Waals surface area contributed by atoms with E-state index in [0.29, 0.717) is 13.1 Å². The number of carbonyl (C=O) groups is 1. The van der Waals surface area contributed by atoms with E-state index in [1.807, 2.05) is 52.4 Å². The topological polar surface area (TPSA) is 68.2 Å². The van der Waals surface area contributed by atoms with Crippen molar-refractivity contribution in [1.82, 2.24) is 20.4 Å². The molecule has 1 heterocycles. The average Bonchev–Trinajstić information content (AvgIpc) is 2.68. The zero-order valence-corrected chi connectivity index (χ0v) is 13.3. The summed E-state index contributed by atoms with van der Waals surface area (Å²) in [7, 11) is 1.91. The van der Waals surface area contributed by atoms with Crippen LogP contribution in [-0.4, -0.2) is 33.6 Å². The van der Waals surface area contributed by atoms with Crippen LogP contribution in [0.25, 0.3) is 0 Å². The Morgan fingerprint density at radius 1 is 1.35 bits per heavy atom. The van der Waals surface area contributed by atoms with E-state index in [1.54, 1.807) is 6.20 Å². The average molecular weight is 282 g/mol. The quantitative estimate of drug-likeness (QED) is 0.864. The third-order valence-electron chi connectivity index (χ3n) is 2.74. The molecular weight excluding hydrogens is 256 g/mol. The second-order valence-corrected chi connectivity index (χ2v) is 6.54. The predicted octanol–water partition coefficient (Wildman–Crippen LogP) is 1.81. The molecular formula is C14H26N4O2. The van der Waals surface area contributed by atoms with Gasteiger partial charge in [0, 0.05) is 31.9 Å². The summed E-state index contributed by atoms with van der Waals surface area (Å²) in [6.45, 7) is 10.8. The lowest BCUT2D eigenvalue weighted by atomic mass is 10.1. The van der Waals surface area contributed by atoms with E-state index in [9.17, 15) is 4.79 Å². The summed E-state index contributed by atoms with van der Waals surface area (Å²) in [5, 5.41) is 10.3. The highest BCUT2D eigenvalue weighted by Gasteiger charge is 2.21. The van der Waals surface area contributed by atoms with Gasteiger partial charge >= 0.3 is 6.09 Å². The van der Waals surface area contributed by atoms with Gasteiger partial charge in [-0.3, -0.25) is 4.68 Å². The molecule has 20 heavy (non-hydrogen) atoms. The van der Waals surface area contributed by atoms with Gasteiger partial charge in [-0.15, -0.1) is 0 Å². The third kappa shape index (κ3) is 6.06. The van der Waals surface area contributed by atoms with Crippen LogP contribution in [0.3, 0.4) is 0 Å². The summed E-state index contributed by atoms with van der Waals surface area (Å²) < 4.78 is 7.03. The van der Waals surface area contributed by atoms with Gasteiger partial charge in [0.1, 0.15) is 5.60 Å². The SMILES string of the molecule is Cn1nccc1CNC(C)(C)CNC(=O)OC(C)(C)C. The van der Waals surface area contributed by atoms with Gasteiger partial charge in [0.15, 0.2) is 0 Å². The second kappa shape index (κ2) is 6.26. The van der Waals surface area contributed by atoms with Gasteiger partial charge in [-0.25, -0.2) is 4.79 Å². The van der Waals surface area contributed by atoms with Crippen LogP contribution >= 0.6 is 0 Å². The molecule has 6 heteroatoms. The van der Waals surface area contributed by atoms with Crippen molar-refractivity contribution in [2.24, 2.45) is 7.05 Å². The van der Waals surface area contributed by atoms with Crippen molar-refractivity contribution < 1.29 is 9.53 Å². The first-order valence-electron chi connectivity index (χ1n) is 6.78. The number of carbonyl (C=O) groups excluding carboxylic acids is 1. The van der Waals surface area contributed by atoms with Gasteiger partial charge < -0.3 is 15.4 Å². The number of nitrogens with zero attached hydrogens (tertiary/aromatic N) is 2. The largest absolute Gasteiger partial charge is 0.444 e. The maximum absolute atomic E-state index is 11.6. The Labute approximate surface area is 120 Å². The molecule has 1 amide bonds. The molecule has 1 aromatic rings. The Kier molecular flexibility index (Phi) is 5.16. The van der Waals surface area contributed by atoms with Crippen molar-refractivity contribution in [3.05, 3.63) is 18.0 Å². The van der Waals surface area contributed by atoms with E-state index in [0.717, 1.165) is 5.69 Å². The van der Waals surface area contributed by atoms with Crippen LogP contribution < -0.4 is 10.6 Å². The molecule has 1 rings (SSSR count). The van der Waals surface area contributed by atoms with Crippen LogP contribution in [0.1, 0.15) is 40.3 Å². The Bertz CT molecular complexity index is 446. The monoisotopic (exact) mass is 282 g/mol. The maximum atomic E-state index is 11.6. The minimum Gasteiger partial charge on any atom is -0.444 e. The van der Waals surface area contributed by atoms with Crippen LogP contribution in [0.5, 0.6) is 0 Å². The second-order valence-electron chi connectivity index (χ2n) is 6.54. The fraction of sp³-hybridized carbons (Fsp3) is 0.714. The minimum absolute atomic E-state index is 0.235. The van der Waals surface area contributed by atoms with Crippen LogP contribution in [-0.2, 0) is 18.3 Å². The predicted molar refractivity (Wildman–Crippen MR) is 78.4 cm³/mol. The summed E-state index contributed by atoms with van der Waals surface area (Å²) in [5.41, 5.74) is 0.382. The van der Waals surface area contributed by atoms with Crippen molar-refractivity contribution >= 4 is 6.09 Å². The Balaban J connectivity index is 2.38. The number of hydrogen-bond acceptors (Lipinski definition) is 4. The molecule has 0 aliphatic rings. The van der Waals surface area contributed by atoms with Gasteiger partial charge in [0.25, 0.3) is 0 Å². The smallest absolute Gasteiger partial charge is 0.407 e. The first-order chi connectivity index (χ1) is 9.09. The molecule has 0 aliphatic heterocycles. The summed E-state index contributed by atoms with van der Waals surface area (Å²) >= 11 is 0. The van der Waals surface area contributed by atoms with E-state index in [1.165, 1.54) is 0 Å². The van der Waals surface area contributed by atoms with Gasteiger partial charge in [-0.1, -0.05) is 0 Å². The molecule has 0 radical (unpaired) electrons. The normalized spacial score (nSPS) is 12.3. The van der Waals surface area contributed by atoms with Crippen molar-refractivity contribution in [3.63, 3.8) is 0 Å². The lowest BCUT2D eigenvalue weighted by Crippen LogP contribution is -2.49. The van der Waals surface area contributed by atoms with E-state index in [2.05, 4.69) is 15.7 Å². The molecule has 114 valence electrons. The van der Waals surface area contributed by atoms with Crippen LogP contribution in [0.4, 0.5) is 4.79 Å². The lowest BCUT2D eigenvalue weighted by Gasteiger charge is -2.28. The van der Waals surface area contributed by atoms with Gasteiger partial charge in [0.05, 0.1) is 5.69 Å². The molecule has 0 aromatic carbocycles. The number of aromatic nitrogens is 2. The van der Waals surface area contributed by atoms with Crippen LogP contribution in [0.2, 0.25) is 0 Å². The number of rotatable bonds is 5. The maximum Gasteiger partial charge on any atom is 0.407 e. The van der Waals surface area contributed by atoms with Crippen molar-refractivity contribution in [1.29, 1.82) is 0 Å². The van der Waals surface area contributed by atoms with Crippen molar-refractivity contribution in [3.8, 4) is 0 Å². The molecule has 0 unspecified atom stereocenters. The lowest BCUT2D eigenvalue weighted by molar-refractivity contribution is 0.0513. The molecule has 0 saturated heterocycles. The third-order valence-corrected chi connectivity index (χ3v) is 2.74. The highest BCUT2D eigenvalue weighted by Crippen LogP contribution is 2.08. The Hall–Kier alpha value is -1.56. The number of amides is 1. The number of nitrogens with one attached hydrogen (secondary N) is 2.